The third kappa shape index (κ3) is 5.05. The highest BCUT2D eigenvalue weighted by Gasteiger charge is 2.12. The maximum absolute atomic E-state index is 12.4. The van der Waals surface area contributed by atoms with E-state index in [1.807, 2.05) is 25.1 Å². The first kappa shape index (κ1) is 17.9. The third-order valence-corrected chi connectivity index (χ3v) is 3.73. The molecular weight excluding hydrogens is 300 g/mol. The molecule has 0 saturated carbocycles. The smallest absolute Gasteiger partial charge is 0.270 e. The van der Waals surface area contributed by atoms with Gasteiger partial charge in [0.25, 0.3) is 5.91 Å². The van der Waals surface area contributed by atoms with E-state index in [9.17, 15) is 4.79 Å². The molecule has 0 bridgehead atoms. The van der Waals surface area contributed by atoms with Crippen molar-refractivity contribution < 1.29 is 4.79 Å². The second-order valence-electron chi connectivity index (χ2n) is 5.92. The van der Waals surface area contributed by atoms with Gasteiger partial charge in [0.05, 0.1) is 0 Å². The van der Waals surface area contributed by atoms with E-state index in [2.05, 4.69) is 40.1 Å². The van der Waals surface area contributed by atoms with E-state index in [0.717, 1.165) is 37.3 Å². The van der Waals surface area contributed by atoms with E-state index in [1.54, 1.807) is 6.07 Å². The van der Waals surface area contributed by atoms with Gasteiger partial charge < -0.3 is 10.2 Å². The molecule has 1 N–H and O–H groups in total. The molecule has 5 heteroatoms. The number of amides is 1. The van der Waals surface area contributed by atoms with Crippen molar-refractivity contribution >= 4 is 11.7 Å². The van der Waals surface area contributed by atoms with Gasteiger partial charge in [-0.05, 0) is 25.3 Å². The van der Waals surface area contributed by atoms with Gasteiger partial charge in [-0.15, -0.1) is 0 Å². The van der Waals surface area contributed by atoms with Crippen LogP contribution in [0.15, 0.2) is 36.7 Å². The second kappa shape index (κ2) is 9.01. The monoisotopic (exact) mass is 326 g/mol. The average Bonchev–Trinajstić information content (AvgIpc) is 2.60. The molecule has 0 aliphatic rings. The Hall–Kier alpha value is -2.43. The van der Waals surface area contributed by atoms with Gasteiger partial charge in [0, 0.05) is 25.7 Å². The Kier molecular flexibility index (Phi) is 6.73. The van der Waals surface area contributed by atoms with E-state index in [4.69, 9.17) is 0 Å². The minimum atomic E-state index is -0.173. The van der Waals surface area contributed by atoms with Crippen molar-refractivity contribution in [3.8, 4) is 0 Å². The van der Waals surface area contributed by atoms with E-state index in [0.29, 0.717) is 12.2 Å². The molecule has 0 spiro atoms. The quantitative estimate of drug-likeness (QED) is 0.808. The zero-order chi connectivity index (χ0) is 17.4. The number of anilines is 1. The fourth-order valence-corrected chi connectivity index (χ4v) is 2.62. The molecule has 1 amide bonds. The van der Waals surface area contributed by atoms with E-state index in [1.165, 1.54) is 11.9 Å². The number of benzene rings is 1. The zero-order valence-electron chi connectivity index (χ0n) is 14.7. The maximum Gasteiger partial charge on any atom is 0.270 e. The molecular formula is C19H26N4O. The number of rotatable bonds is 8. The number of aromatic nitrogens is 2. The van der Waals surface area contributed by atoms with Crippen LogP contribution in [0, 0.1) is 6.92 Å². The summed E-state index contributed by atoms with van der Waals surface area (Å²) in [6.07, 6.45) is 3.55. The predicted molar refractivity (Wildman–Crippen MR) is 97.2 cm³/mol. The first-order valence-corrected chi connectivity index (χ1v) is 8.54. The molecule has 1 aromatic carbocycles. The normalized spacial score (nSPS) is 10.5. The van der Waals surface area contributed by atoms with Crippen molar-refractivity contribution in [1.29, 1.82) is 0 Å². The van der Waals surface area contributed by atoms with Gasteiger partial charge in [-0.2, -0.15) is 0 Å². The van der Waals surface area contributed by atoms with Crippen LogP contribution in [-0.4, -0.2) is 29.0 Å². The Morgan fingerprint density at radius 1 is 1.12 bits per heavy atom. The summed E-state index contributed by atoms with van der Waals surface area (Å²) in [5.41, 5.74) is 2.67. The number of hydrogen-bond acceptors (Lipinski definition) is 4. The average molecular weight is 326 g/mol. The van der Waals surface area contributed by atoms with Gasteiger partial charge in [-0.25, -0.2) is 9.97 Å². The third-order valence-electron chi connectivity index (χ3n) is 3.73. The van der Waals surface area contributed by atoms with E-state index in [-0.39, 0.29) is 5.91 Å². The van der Waals surface area contributed by atoms with Crippen molar-refractivity contribution in [3.05, 3.63) is 53.5 Å². The molecule has 0 fully saturated rings. The highest BCUT2D eigenvalue weighted by molar-refractivity contribution is 5.92. The van der Waals surface area contributed by atoms with Crippen molar-refractivity contribution in [3.63, 3.8) is 0 Å². The lowest BCUT2D eigenvalue weighted by Gasteiger charge is -2.22. The number of hydrogen-bond donors (Lipinski definition) is 1. The van der Waals surface area contributed by atoms with Crippen LogP contribution in [0.25, 0.3) is 0 Å². The molecule has 0 aliphatic carbocycles. The van der Waals surface area contributed by atoms with Crippen LogP contribution in [0.2, 0.25) is 0 Å². The maximum atomic E-state index is 12.4. The lowest BCUT2D eigenvalue weighted by atomic mass is 10.1. The SMILES string of the molecule is CCCN(CCC)c1cc(C(=O)NCc2cccc(C)c2)ncn1. The van der Waals surface area contributed by atoms with Crippen LogP contribution in [-0.2, 0) is 6.54 Å². The standard InChI is InChI=1S/C19H26N4O/c1-4-9-23(10-5-2)18-12-17(21-14-22-18)19(24)20-13-16-8-6-7-15(3)11-16/h6-8,11-12,14H,4-5,9-10,13H2,1-3H3,(H,20,24). The van der Waals surface area contributed by atoms with Crippen LogP contribution in [0.5, 0.6) is 0 Å². The highest BCUT2D eigenvalue weighted by Crippen LogP contribution is 2.12. The van der Waals surface area contributed by atoms with Crippen LogP contribution in [0.4, 0.5) is 5.82 Å². The minimum absolute atomic E-state index is 0.173. The molecule has 2 aromatic rings. The van der Waals surface area contributed by atoms with E-state index >= 15 is 0 Å². The summed E-state index contributed by atoms with van der Waals surface area (Å²) in [6, 6.07) is 9.88. The molecule has 128 valence electrons. The Labute approximate surface area is 144 Å². The highest BCUT2D eigenvalue weighted by atomic mass is 16.1. The molecule has 0 radical (unpaired) electrons. The Balaban J connectivity index is 2.05. The predicted octanol–water partition coefficient (Wildman–Crippen LogP) is 3.34. The first-order chi connectivity index (χ1) is 11.6. The van der Waals surface area contributed by atoms with Gasteiger partial charge in [0.15, 0.2) is 0 Å². The van der Waals surface area contributed by atoms with Gasteiger partial charge in [-0.3, -0.25) is 4.79 Å². The Morgan fingerprint density at radius 2 is 1.88 bits per heavy atom. The van der Waals surface area contributed by atoms with Gasteiger partial charge >= 0.3 is 0 Å². The summed E-state index contributed by atoms with van der Waals surface area (Å²) in [6.45, 7) is 8.66. The van der Waals surface area contributed by atoms with Crippen LogP contribution >= 0.6 is 0 Å². The number of carbonyl (C=O) groups excluding carboxylic acids is 1. The summed E-state index contributed by atoms with van der Waals surface area (Å²) >= 11 is 0. The minimum Gasteiger partial charge on any atom is -0.357 e. The fraction of sp³-hybridized carbons (Fsp3) is 0.421. The van der Waals surface area contributed by atoms with Crippen LogP contribution in [0.1, 0.15) is 48.3 Å². The summed E-state index contributed by atoms with van der Waals surface area (Å²) in [5.74, 6) is 0.641. The Morgan fingerprint density at radius 3 is 2.54 bits per heavy atom. The van der Waals surface area contributed by atoms with Gasteiger partial charge in [0.2, 0.25) is 0 Å². The van der Waals surface area contributed by atoms with Crippen molar-refractivity contribution in [2.45, 2.75) is 40.2 Å². The molecule has 24 heavy (non-hydrogen) atoms. The van der Waals surface area contributed by atoms with Crippen LogP contribution in [0.3, 0.4) is 0 Å². The molecule has 0 saturated heterocycles. The lowest BCUT2D eigenvalue weighted by molar-refractivity contribution is 0.0945. The van der Waals surface area contributed by atoms with Gasteiger partial charge in [-0.1, -0.05) is 43.7 Å². The summed E-state index contributed by atoms with van der Waals surface area (Å²) in [4.78, 5) is 23.0. The fourth-order valence-electron chi connectivity index (χ4n) is 2.62. The van der Waals surface area contributed by atoms with Crippen molar-refractivity contribution in [2.24, 2.45) is 0 Å². The first-order valence-electron chi connectivity index (χ1n) is 8.54. The largest absolute Gasteiger partial charge is 0.357 e. The molecule has 1 heterocycles. The number of carbonyl (C=O) groups is 1. The topological polar surface area (TPSA) is 58.1 Å². The van der Waals surface area contributed by atoms with Crippen molar-refractivity contribution in [1.82, 2.24) is 15.3 Å². The molecule has 1 aromatic heterocycles. The number of aryl methyl sites for hydroxylation is 1. The van der Waals surface area contributed by atoms with Crippen LogP contribution < -0.4 is 10.2 Å². The van der Waals surface area contributed by atoms with Gasteiger partial charge in [0.1, 0.15) is 17.8 Å². The molecule has 2 rings (SSSR count). The van der Waals surface area contributed by atoms with Crippen molar-refractivity contribution in [2.75, 3.05) is 18.0 Å². The summed E-state index contributed by atoms with van der Waals surface area (Å²) in [5, 5.41) is 2.92. The summed E-state index contributed by atoms with van der Waals surface area (Å²) in [7, 11) is 0. The summed E-state index contributed by atoms with van der Waals surface area (Å²) < 4.78 is 0. The zero-order valence-corrected chi connectivity index (χ0v) is 14.7. The number of nitrogens with one attached hydrogen (secondary N) is 1. The Bertz CT molecular complexity index is 666. The second-order valence-corrected chi connectivity index (χ2v) is 5.92. The molecule has 0 aliphatic heterocycles. The molecule has 0 unspecified atom stereocenters. The molecule has 0 atom stereocenters. The van der Waals surface area contributed by atoms with E-state index < -0.39 is 0 Å². The number of nitrogens with zero attached hydrogens (tertiary/aromatic N) is 3. The lowest BCUT2D eigenvalue weighted by Crippen LogP contribution is -2.28. The molecule has 5 nitrogen and oxygen atoms in total.